The lowest BCUT2D eigenvalue weighted by molar-refractivity contribution is 0.0556. The van der Waals surface area contributed by atoms with Crippen molar-refractivity contribution in [3.63, 3.8) is 0 Å². The molecule has 0 aliphatic carbocycles. The third kappa shape index (κ3) is 3.55. The Bertz CT molecular complexity index is 1080. The molecule has 0 radical (unpaired) electrons. The molecule has 2 atom stereocenters. The van der Waals surface area contributed by atoms with Crippen molar-refractivity contribution >= 4 is 5.91 Å². The molecule has 2 aromatic heterocycles. The first-order valence-corrected chi connectivity index (χ1v) is 10.5. The van der Waals surface area contributed by atoms with E-state index in [9.17, 15) is 4.79 Å². The summed E-state index contributed by atoms with van der Waals surface area (Å²) < 4.78 is 12.9. The summed E-state index contributed by atoms with van der Waals surface area (Å²) >= 11 is 0. The molecule has 31 heavy (non-hydrogen) atoms. The largest absolute Gasteiger partial charge is 0.497 e. The summed E-state index contributed by atoms with van der Waals surface area (Å²) in [4.78, 5) is 22.1. The normalized spacial score (nSPS) is 20.5. The number of amides is 1. The standard InChI is InChI=1S/C24H26N4O3/c1-30-19-9-7-17(8-10-19)13-28-22-16-26(14-18-5-3-11-25-23(18)31-2)15-21(22)27-12-4-6-20(27)24(28)29/h3-12,21-22H,13-16H2,1-2H3/t21-,22-/m0/s1. The molecule has 2 aliphatic rings. The van der Waals surface area contributed by atoms with Gasteiger partial charge in [-0.2, -0.15) is 0 Å². The monoisotopic (exact) mass is 418 g/mol. The molecule has 5 rings (SSSR count). The zero-order valence-corrected chi connectivity index (χ0v) is 17.8. The molecule has 1 saturated heterocycles. The Hall–Kier alpha value is -3.32. The molecule has 160 valence electrons. The minimum Gasteiger partial charge on any atom is -0.497 e. The van der Waals surface area contributed by atoms with E-state index in [-0.39, 0.29) is 18.0 Å². The van der Waals surface area contributed by atoms with E-state index in [1.807, 2.05) is 53.6 Å². The third-order valence-electron chi connectivity index (χ3n) is 6.30. The van der Waals surface area contributed by atoms with E-state index in [0.29, 0.717) is 12.4 Å². The van der Waals surface area contributed by atoms with Crippen LogP contribution in [0.2, 0.25) is 0 Å². The van der Waals surface area contributed by atoms with Crippen LogP contribution in [0.4, 0.5) is 0 Å². The fourth-order valence-corrected chi connectivity index (χ4v) is 4.80. The Kier molecular flexibility index (Phi) is 5.11. The lowest BCUT2D eigenvalue weighted by atomic mass is 10.0. The van der Waals surface area contributed by atoms with Crippen LogP contribution in [0.25, 0.3) is 0 Å². The summed E-state index contributed by atoms with van der Waals surface area (Å²) in [6.45, 7) is 3.00. The van der Waals surface area contributed by atoms with E-state index in [0.717, 1.165) is 42.2 Å². The van der Waals surface area contributed by atoms with Gasteiger partial charge in [-0.15, -0.1) is 0 Å². The van der Waals surface area contributed by atoms with Crippen LogP contribution in [-0.4, -0.2) is 58.6 Å². The molecule has 1 aromatic carbocycles. The molecule has 0 N–H and O–H groups in total. The number of hydrogen-bond donors (Lipinski definition) is 0. The summed E-state index contributed by atoms with van der Waals surface area (Å²) in [7, 11) is 3.31. The fraction of sp³-hybridized carbons (Fsp3) is 0.333. The van der Waals surface area contributed by atoms with E-state index in [4.69, 9.17) is 9.47 Å². The second kappa shape index (κ2) is 8.07. The third-order valence-corrected chi connectivity index (χ3v) is 6.30. The number of carbonyl (C=O) groups is 1. The number of fused-ring (bicyclic) bond motifs is 3. The van der Waals surface area contributed by atoms with Gasteiger partial charge in [0.15, 0.2) is 0 Å². The zero-order valence-electron chi connectivity index (χ0n) is 17.8. The maximum absolute atomic E-state index is 13.3. The highest BCUT2D eigenvalue weighted by Crippen LogP contribution is 2.35. The Morgan fingerprint density at radius 3 is 2.55 bits per heavy atom. The number of pyridine rings is 1. The second-order valence-corrected chi connectivity index (χ2v) is 8.08. The van der Waals surface area contributed by atoms with Crippen molar-refractivity contribution in [3.05, 3.63) is 77.7 Å². The lowest BCUT2D eigenvalue weighted by Crippen LogP contribution is -2.49. The number of rotatable bonds is 6. The minimum absolute atomic E-state index is 0.0860. The average Bonchev–Trinajstić information content (AvgIpc) is 3.45. The number of nitrogens with zero attached hydrogens (tertiary/aromatic N) is 4. The van der Waals surface area contributed by atoms with Gasteiger partial charge < -0.3 is 18.9 Å². The quantitative estimate of drug-likeness (QED) is 0.616. The van der Waals surface area contributed by atoms with Crippen LogP contribution in [0, 0.1) is 0 Å². The summed E-state index contributed by atoms with van der Waals surface area (Å²) in [6.07, 6.45) is 3.78. The van der Waals surface area contributed by atoms with Crippen molar-refractivity contribution in [3.8, 4) is 11.6 Å². The van der Waals surface area contributed by atoms with Gasteiger partial charge in [-0.1, -0.05) is 18.2 Å². The van der Waals surface area contributed by atoms with Gasteiger partial charge in [0.05, 0.1) is 26.3 Å². The van der Waals surface area contributed by atoms with Crippen molar-refractivity contribution in [2.45, 2.75) is 25.2 Å². The Balaban J connectivity index is 1.41. The number of aromatic nitrogens is 2. The topological polar surface area (TPSA) is 59.8 Å². The first-order valence-electron chi connectivity index (χ1n) is 10.5. The van der Waals surface area contributed by atoms with Crippen LogP contribution in [-0.2, 0) is 13.1 Å². The number of likely N-dealkylation sites (tertiary alicyclic amines) is 1. The van der Waals surface area contributed by atoms with Crippen molar-refractivity contribution < 1.29 is 14.3 Å². The maximum Gasteiger partial charge on any atom is 0.271 e. The van der Waals surface area contributed by atoms with Crippen LogP contribution in [0.1, 0.15) is 27.7 Å². The van der Waals surface area contributed by atoms with Gasteiger partial charge >= 0.3 is 0 Å². The second-order valence-electron chi connectivity index (χ2n) is 8.08. The van der Waals surface area contributed by atoms with Gasteiger partial charge in [0.1, 0.15) is 11.4 Å². The van der Waals surface area contributed by atoms with Crippen molar-refractivity contribution in [1.82, 2.24) is 19.4 Å². The fourth-order valence-electron chi connectivity index (χ4n) is 4.80. The van der Waals surface area contributed by atoms with Crippen molar-refractivity contribution in [2.75, 3.05) is 27.3 Å². The summed E-state index contributed by atoms with van der Waals surface area (Å²) in [5.41, 5.74) is 2.92. The molecule has 0 bridgehead atoms. The Labute approximate surface area is 181 Å². The molecule has 4 heterocycles. The highest BCUT2D eigenvalue weighted by atomic mass is 16.5. The number of carbonyl (C=O) groups excluding carboxylic acids is 1. The lowest BCUT2D eigenvalue weighted by Gasteiger charge is -2.38. The van der Waals surface area contributed by atoms with Gasteiger partial charge in [0.2, 0.25) is 5.88 Å². The van der Waals surface area contributed by atoms with Gasteiger partial charge in [-0.25, -0.2) is 4.98 Å². The molecule has 0 saturated carbocycles. The molecule has 7 nitrogen and oxygen atoms in total. The predicted molar refractivity (Wildman–Crippen MR) is 116 cm³/mol. The average molecular weight is 418 g/mol. The first-order chi connectivity index (χ1) is 15.2. The zero-order chi connectivity index (χ0) is 21.4. The summed E-state index contributed by atoms with van der Waals surface area (Å²) in [6, 6.07) is 16.2. The Morgan fingerprint density at radius 2 is 1.77 bits per heavy atom. The van der Waals surface area contributed by atoms with Crippen molar-refractivity contribution in [1.29, 1.82) is 0 Å². The summed E-state index contributed by atoms with van der Waals surface area (Å²) in [5.74, 6) is 1.56. The predicted octanol–water partition coefficient (Wildman–Crippen LogP) is 2.98. The molecular weight excluding hydrogens is 392 g/mol. The molecule has 1 amide bonds. The van der Waals surface area contributed by atoms with E-state index in [1.165, 1.54) is 0 Å². The number of hydrogen-bond acceptors (Lipinski definition) is 5. The van der Waals surface area contributed by atoms with E-state index >= 15 is 0 Å². The molecule has 1 fully saturated rings. The maximum atomic E-state index is 13.3. The molecule has 0 spiro atoms. The molecular formula is C24H26N4O3. The molecule has 2 aliphatic heterocycles. The van der Waals surface area contributed by atoms with Gasteiger partial charge in [0, 0.05) is 44.1 Å². The van der Waals surface area contributed by atoms with Crippen LogP contribution >= 0.6 is 0 Å². The van der Waals surface area contributed by atoms with Crippen LogP contribution in [0.3, 0.4) is 0 Å². The molecule has 7 heteroatoms. The summed E-state index contributed by atoms with van der Waals surface area (Å²) in [5, 5.41) is 0. The van der Waals surface area contributed by atoms with Crippen molar-refractivity contribution in [2.24, 2.45) is 0 Å². The minimum atomic E-state index is 0.0860. The van der Waals surface area contributed by atoms with Gasteiger partial charge in [-0.3, -0.25) is 9.69 Å². The molecule has 3 aromatic rings. The smallest absolute Gasteiger partial charge is 0.271 e. The van der Waals surface area contributed by atoms with Gasteiger partial charge in [0.25, 0.3) is 5.91 Å². The first kappa shape index (κ1) is 19.6. The van der Waals surface area contributed by atoms with E-state index in [1.54, 1.807) is 20.4 Å². The number of benzene rings is 1. The number of ether oxygens (including phenoxy) is 2. The van der Waals surface area contributed by atoms with Gasteiger partial charge in [-0.05, 0) is 35.9 Å². The van der Waals surface area contributed by atoms with Crippen LogP contribution in [0.15, 0.2) is 60.9 Å². The van der Waals surface area contributed by atoms with E-state index in [2.05, 4.69) is 20.5 Å². The van der Waals surface area contributed by atoms with Crippen LogP contribution in [0.5, 0.6) is 11.6 Å². The SMILES string of the molecule is COc1ccc(CN2C(=O)c3cccn3[C@H]3CN(Cc4cccnc4OC)C[C@@H]32)cc1. The van der Waals surface area contributed by atoms with E-state index < -0.39 is 0 Å². The molecule has 0 unspecified atom stereocenters. The Morgan fingerprint density at radius 1 is 0.968 bits per heavy atom. The van der Waals surface area contributed by atoms with Crippen LogP contribution < -0.4 is 9.47 Å². The highest BCUT2D eigenvalue weighted by molar-refractivity contribution is 5.94. The number of methoxy groups -OCH3 is 2. The highest BCUT2D eigenvalue weighted by Gasteiger charge is 2.44.